The summed E-state index contributed by atoms with van der Waals surface area (Å²) < 4.78 is 0. The maximum atomic E-state index is 11.5. The number of nitrogens with one attached hydrogen (secondary N) is 2. The highest BCUT2D eigenvalue weighted by Crippen LogP contribution is 2.17. The average molecular weight is 209 g/mol. The van der Waals surface area contributed by atoms with E-state index in [4.69, 9.17) is 5.26 Å². The molecule has 0 aliphatic heterocycles. The molecule has 1 atom stereocenters. The second-order valence-corrected chi connectivity index (χ2v) is 4.22. The van der Waals surface area contributed by atoms with Crippen LogP contribution in [0.1, 0.15) is 45.4 Å². The highest BCUT2D eigenvalue weighted by Gasteiger charge is 2.16. The lowest BCUT2D eigenvalue weighted by Gasteiger charge is -2.23. The van der Waals surface area contributed by atoms with Crippen LogP contribution in [0.15, 0.2) is 0 Å². The Labute approximate surface area is 91.0 Å². The van der Waals surface area contributed by atoms with Gasteiger partial charge in [0.25, 0.3) is 0 Å². The van der Waals surface area contributed by atoms with E-state index in [2.05, 4.69) is 10.6 Å². The van der Waals surface area contributed by atoms with E-state index in [1.54, 1.807) is 0 Å². The van der Waals surface area contributed by atoms with Gasteiger partial charge < -0.3 is 10.6 Å². The summed E-state index contributed by atoms with van der Waals surface area (Å²) in [4.78, 5) is 11.5. The maximum absolute atomic E-state index is 11.5. The van der Waals surface area contributed by atoms with Crippen LogP contribution in [0.3, 0.4) is 0 Å². The predicted molar refractivity (Wildman–Crippen MR) is 58.2 cm³/mol. The zero-order valence-electron chi connectivity index (χ0n) is 9.25. The minimum Gasteiger partial charge on any atom is -0.335 e. The molecule has 4 nitrogen and oxygen atoms in total. The number of carbonyl (C=O) groups excluding carboxylic acids is 1. The molecule has 0 heterocycles. The summed E-state index contributed by atoms with van der Waals surface area (Å²) in [5.41, 5.74) is 0. The van der Waals surface area contributed by atoms with Crippen molar-refractivity contribution in [3.05, 3.63) is 0 Å². The Morgan fingerprint density at radius 2 is 2.13 bits per heavy atom. The van der Waals surface area contributed by atoms with Crippen molar-refractivity contribution in [2.45, 2.75) is 57.5 Å². The Kier molecular flexibility index (Phi) is 4.96. The van der Waals surface area contributed by atoms with Gasteiger partial charge in [-0.1, -0.05) is 19.3 Å². The lowest BCUT2D eigenvalue weighted by atomic mass is 9.96. The number of carbonyl (C=O) groups is 1. The Hall–Kier alpha value is -1.24. The van der Waals surface area contributed by atoms with E-state index in [-0.39, 0.29) is 12.1 Å². The quantitative estimate of drug-likeness (QED) is 0.745. The topological polar surface area (TPSA) is 64.9 Å². The molecule has 2 amide bonds. The molecule has 0 aromatic carbocycles. The van der Waals surface area contributed by atoms with Gasteiger partial charge in [0.05, 0.1) is 12.5 Å². The van der Waals surface area contributed by atoms with Crippen LogP contribution in [0.5, 0.6) is 0 Å². The van der Waals surface area contributed by atoms with Crippen molar-refractivity contribution < 1.29 is 4.79 Å². The number of nitrogens with zero attached hydrogens (tertiary/aromatic N) is 1. The number of nitriles is 1. The number of urea groups is 1. The van der Waals surface area contributed by atoms with Crippen LogP contribution in [0, 0.1) is 11.3 Å². The molecule has 2 N–H and O–H groups in total. The zero-order chi connectivity index (χ0) is 11.1. The highest BCUT2D eigenvalue weighted by molar-refractivity contribution is 5.74. The van der Waals surface area contributed by atoms with E-state index in [9.17, 15) is 4.79 Å². The first-order chi connectivity index (χ1) is 7.22. The third-order valence-electron chi connectivity index (χ3n) is 2.72. The summed E-state index contributed by atoms with van der Waals surface area (Å²) in [6, 6.07) is 2.16. The van der Waals surface area contributed by atoms with Crippen LogP contribution >= 0.6 is 0 Å². The van der Waals surface area contributed by atoms with Gasteiger partial charge in [-0.2, -0.15) is 5.26 Å². The van der Waals surface area contributed by atoms with E-state index in [1.807, 2.05) is 13.0 Å². The SMILES string of the molecule is CC(CC#N)NC(=O)NC1CCCCC1. The van der Waals surface area contributed by atoms with Crippen LogP contribution in [0.4, 0.5) is 4.79 Å². The summed E-state index contributed by atoms with van der Waals surface area (Å²) >= 11 is 0. The third kappa shape index (κ3) is 4.68. The molecule has 0 radical (unpaired) electrons. The standard InChI is InChI=1S/C11H19N3O/c1-9(7-8-12)13-11(15)14-10-5-3-2-4-6-10/h9-10H,2-7H2,1H3,(H2,13,14,15). The summed E-state index contributed by atoms with van der Waals surface area (Å²) in [5.74, 6) is 0. The third-order valence-corrected chi connectivity index (χ3v) is 2.72. The highest BCUT2D eigenvalue weighted by atomic mass is 16.2. The Morgan fingerprint density at radius 1 is 1.47 bits per heavy atom. The van der Waals surface area contributed by atoms with Crippen LogP contribution < -0.4 is 10.6 Å². The van der Waals surface area contributed by atoms with Gasteiger partial charge in [-0.3, -0.25) is 0 Å². The molecule has 0 saturated heterocycles. The van der Waals surface area contributed by atoms with E-state index < -0.39 is 0 Å². The van der Waals surface area contributed by atoms with E-state index in [1.165, 1.54) is 19.3 Å². The Balaban J connectivity index is 2.20. The van der Waals surface area contributed by atoms with Crippen LogP contribution in [-0.2, 0) is 0 Å². The summed E-state index contributed by atoms with van der Waals surface area (Å²) in [7, 11) is 0. The van der Waals surface area contributed by atoms with Gasteiger partial charge in [0, 0.05) is 12.1 Å². The molecular formula is C11H19N3O. The van der Waals surface area contributed by atoms with Crippen LogP contribution in [0.2, 0.25) is 0 Å². The first-order valence-corrected chi connectivity index (χ1v) is 5.66. The maximum Gasteiger partial charge on any atom is 0.315 e. The van der Waals surface area contributed by atoms with Gasteiger partial charge in [0.15, 0.2) is 0 Å². The minimum absolute atomic E-state index is 0.0707. The van der Waals surface area contributed by atoms with Crippen molar-refractivity contribution in [3.63, 3.8) is 0 Å². The number of amides is 2. The van der Waals surface area contributed by atoms with Gasteiger partial charge in [-0.25, -0.2) is 4.79 Å². The molecule has 0 aromatic heterocycles. The number of hydrogen-bond acceptors (Lipinski definition) is 2. The Bertz CT molecular complexity index is 241. The normalized spacial score (nSPS) is 18.9. The monoisotopic (exact) mass is 209 g/mol. The zero-order valence-corrected chi connectivity index (χ0v) is 9.25. The summed E-state index contributed by atoms with van der Waals surface area (Å²) in [5, 5.41) is 14.2. The van der Waals surface area contributed by atoms with Crippen molar-refractivity contribution in [1.29, 1.82) is 5.26 Å². The largest absolute Gasteiger partial charge is 0.335 e. The summed E-state index contributed by atoms with van der Waals surface area (Å²) in [6.45, 7) is 1.84. The molecule has 1 aliphatic carbocycles. The first-order valence-electron chi connectivity index (χ1n) is 5.66. The minimum atomic E-state index is -0.135. The molecule has 15 heavy (non-hydrogen) atoms. The van der Waals surface area contributed by atoms with Gasteiger partial charge in [0.1, 0.15) is 0 Å². The fourth-order valence-corrected chi connectivity index (χ4v) is 1.89. The summed E-state index contributed by atoms with van der Waals surface area (Å²) in [6.07, 6.45) is 6.22. The van der Waals surface area contributed by atoms with Crippen molar-refractivity contribution in [3.8, 4) is 6.07 Å². The second-order valence-electron chi connectivity index (χ2n) is 4.22. The van der Waals surface area contributed by atoms with Gasteiger partial charge in [0.2, 0.25) is 0 Å². The fraction of sp³-hybridized carbons (Fsp3) is 0.818. The van der Waals surface area contributed by atoms with Gasteiger partial charge in [-0.15, -0.1) is 0 Å². The molecule has 4 heteroatoms. The molecule has 1 fully saturated rings. The molecule has 84 valence electrons. The second kappa shape index (κ2) is 6.28. The molecular weight excluding hydrogens is 190 g/mol. The van der Waals surface area contributed by atoms with Crippen molar-refractivity contribution in [2.24, 2.45) is 0 Å². The average Bonchev–Trinajstić information content (AvgIpc) is 2.19. The van der Waals surface area contributed by atoms with Gasteiger partial charge in [-0.05, 0) is 19.8 Å². The first kappa shape index (κ1) is 11.8. The van der Waals surface area contributed by atoms with Crippen molar-refractivity contribution in [2.75, 3.05) is 0 Å². The molecule has 0 bridgehead atoms. The smallest absolute Gasteiger partial charge is 0.315 e. The number of hydrogen-bond donors (Lipinski definition) is 2. The van der Waals surface area contributed by atoms with E-state index >= 15 is 0 Å². The van der Waals surface area contributed by atoms with Crippen molar-refractivity contribution >= 4 is 6.03 Å². The van der Waals surface area contributed by atoms with Crippen molar-refractivity contribution in [1.82, 2.24) is 10.6 Å². The number of rotatable bonds is 3. The molecule has 1 saturated carbocycles. The lowest BCUT2D eigenvalue weighted by molar-refractivity contribution is 0.229. The Morgan fingerprint density at radius 3 is 2.73 bits per heavy atom. The van der Waals surface area contributed by atoms with Crippen LogP contribution in [0.25, 0.3) is 0 Å². The lowest BCUT2D eigenvalue weighted by Crippen LogP contribution is -2.45. The molecule has 1 unspecified atom stereocenters. The predicted octanol–water partition coefficient (Wildman–Crippen LogP) is 1.92. The molecule has 0 aromatic rings. The molecule has 1 rings (SSSR count). The van der Waals surface area contributed by atoms with E-state index in [0.717, 1.165) is 12.8 Å². The van der Waals surface area contributed by atoms with Gasteiger partial charge >= 0.3 is 6.03 Å². The molecule has 0 spiro atoms. The molecule has 1 aliphatic rings. The fourth-order valence-electron chi connectivity index (χ4n) is 1.89. The van der Waals surface area contributed by atoms with E-state index in [0.29, 0.717) is 12.5 Å². The van der Waals surface area contributed by atoms with Crippen LogP contribution in [-0.4, -0.2) is 18.1 Å².